The van der Waals surface area contributed by atoms with Gasteiger partial charge in [-0.05, 0) is 38.8 Å². The van der Waals surface area contributed by atoms with Crippen LogP contribution in [0.3, 0.4) is 0 Å². The summed E-state index contributed by atoms with van der Waals surface area (Å²) in [7, 11) is 5.99. The van der Waals surface area contributed by atoms with Gasteiger partial charge in [0, 0.05) is 5.69 Å². The predicted octanol–water partition coefficient (Wildman–Crippen LogP) is 2.73. The number of aromatic nitrogens is 1. The van der Waals surface area contributed by atoms with Gasteiger partial charge in [0.05, 0.1) is 5.69 Å². The highest BCUT2D eigenvalue weighted by Gasteiger charge is 2.06. The summed E-state index contributed by atoms with van der Waals surface area (Å²) in [6, 6.07) is 2.07. The van der Waals surface area contributed by atoms with Crippen molar-refractivity contribution in [2.45, 2.75) is 40.5 Å². The Kier molecular flexibility index (Phi) is 3.73. The van der Waals surface area contributed by atoms with Crippen LogP contribution in [0.5, 0.6) is 0 Å². The van der Waals surface area contributed by atoms with Gasteiger partial charge in [0.2, 0.25) is 0 Å². The van der Waals surface area contributed by atoms with Crippen molar-refractivity contribution < 1.29 is 0 Å². The van der Waals surface area contributed by atoms with Crippen LogP contribution >= 0.6 is 0 Å². The molecule has 0 fully saturated rings. The second-order valence-corrected chi connectivity index (χ2v) is 4.54. The lowest BCUT2D eigenvalue weighted by Gasteiger charge is -2.11. The van der Waals surface area contributed by atoms with Crippen LogP contribution in [0, 0.1) is 6.92 Å². The van der Waals surface area contributed by atoms with Gasteiger partial charge in [-0.2, -0.15) is 0 Å². The molecule has 2 radical (unpaired) electrons. The van der Waals surface area contributed by atoms with Gasteiger partial charge in [0.1, 0.15) is 7.85 Å². The summed E-state index contributed by atoms with van der Waals surface area (Å²) in [5, 5.41) is 0. The Hall–Kier alpha value is -1.05. The first-order valence-electron chi connectivity index (χ1n) is 5.33. The van der Waals surface area contributed by atoms with E-state index in [2.05, 4.69) is 38.7 Å². The van der Waals surface area contributed by atoms with Crippen molar-refractivity contribution in [2.24, 2.45) is 0 Å². The molecule has 78 valence electrons. The number of aryl methyl sites for hydroxylation is 1. The summed E-state index contributed by atoms with van der Waals surface area (Å²) in [6.45, 7) is 10.4. The lowest BCUT2D eigenvalue weighted by atomic mass is 9.87. The van der Waals surface area contributed by atoms with Crippen LogP contribution in [0.4, 0.5) is 0 Å². The van der Waals surface area contributed by atoms with Crippen LogP contribution in [-0.2, 0) is 0 Å². The van der Waals surface area contributed by atoms with Crippen molar-refractivity contribution in [1.82, 2.24) is 4.98 Å². The molecule has 0 bridgehead atoms. The smallest absolute Gasteiger partial charge is 0.117 e. The van der Waals surface area contributed by atoms with Crippen LogP contribution in [0.2, 0.25) is 0 Å². The maximum Gasteiger partial charge on any atom is 0.117 e. The summed E-state index contributed by atoms with van der Waals surface area (Å²) >= 11 is 0. The topological polar surface area (TPSA) is 12.9 Å². The number of allylic oxidation sites excluding steroid dienone is 1. The van der Waals surface area contributed by atoms with Gasteiger partial charge in [-0.25, -0.2) is 0 Å². The molecule has 0 saturated heterocycles. The third-order valence-electron chi connectivity index (χ3n) is 2.33. The van der Waals surface area contributed by atoms with E-state index in [-0.39, 0.29) is 0 Å². The zero-order chi connectivity index (χ0) is 11.6. The minimum atomic E-state index is 0.439. The van der Waals surface area contributed by atoms with E-state index in [0.717, 1.165) is 22.4 Å². The number of rotatable bonds is 2. The second-order valence-electron chi connectivity index (χ2n) is 4.54. The fourth-order valence-electron chi connectivity index (χ4n) is 1.41. The first kappa shape index (κ1) is 12.0. The van der Waals surface area contributed by atoms with Crippen molar-refractivity contribution in [3.05, 3.63) is 28.6 Å². The number of hydrogen-bond acceptors (Lipinski definition) is 1. The minimum Gasteiger partial charge on any atom is -0.254 e. The molecule has 0 unspecified atom stereocenters. The average Bonchev–Trinajstić information content (AvgIpc) is 2.11. The number of hydrogen-bond donors (Lipinski definition) is 0. The number of nitrogens with zero attached hydrogens (tertiary/aromatic N) is 1. The Labute approximate surface area is 94.0 Å². The van der Waals surface area contributed by atoms with Crippen LogP contribution < -0.4 is 5.46 Å². The zero-order valence-corrected chi connectivity index (χ0v) is 10.3. The third kappa shape index (κ3) is 2.95. The minimum absolute atomic E-state index is 0.439. The first-order chi connectivity index (χ1) is 6.91. The third-order valence-corrected chi connectivity index (χ3v) is 2.33. The Morgan fingerprint density at radius 1 is 1.40 bits per heavy atom. The molecular weight excluding hydrogens is 181 g/mol. The Balaban J connectivity index is 3.31. The molecule has 0 aliphatic carbocycles. The van der Waals surface area contributed by atoms with E-state index in [9.17, 15) is 0 Å². The molecule has 0 spiro atoms. The molecule has 0 aliphatic rings. The highest BCUT2D eigenvalue weighted by atomic mass is 14.7. The summed E-state index contributed by atoms with van der Waals surface area (Å²) < 4.78 is 0. The van der Waals surface area contributed by atoms with Crippen LogP contribution in [0.25, 0.3) is 6.08 Å². The Morgan fingerprint density at radius 3 is 2.47 bits per heavy atom. The van der Waals surface area contributed by atoms with Gasteiger partial charge in [0.15, 0.2) is 0 Å². The maximum absolute atomic E-state index is 5.99. The van der Waals surface area contributed by atoms with Crippen molar-refractivity contribution in [3.63, 3.8) is 0 Å². The van der Waals surface area contributed by atoms with Gasteiger partial charge in [-0.1, -0.05) is 30.4 Å². The normalized spacial score (nSPS) is 10.5. The Morgan fingerprint density at radius 2 is 2.00 bits per heavy atom. The monoisotopic (exact) mass is 199 g/mol. The average molecular weight is 199 g/mol. The summed E-state index contributed by atoms with van der Waals surface area (Å²) in [6.07, 6.45) is 2.04. The maximum atomic E-state index is 5.99. The molecule has 0 aromatic carbocycles. The molecule has 0 N–H and O–H groups in total. The quantitative estimate of drug-likeness (QED) is 0.667. The molecule has 0 aliphatic heterocycles. The Bertz CT molecular complexity index is 388. The van der Waals surface area contributed by atoms with E-state index in [4.69, 9.17) is 7.85 Å². The van der Waals surface area contributed by atoms with Crippen molar-refractivity contribution >= 4 is 19.4 Å². The molecule has 0 atom stereocenters. The second kappa shape index (κ2) is 4.65. The molecule has 1 aromatic heterocycles. The molecule has 15 heavy (non-hydrogen) atoms. The summed E-state index contributed by atoms with van der Waals surface area (Å²) in [4.78, 5) is 4.57. The standard InChI is InChI=1S/C13H18BN/c1-8(2)6-12-13(14)10(5)7-11(15-12)9(3)4/h6-7,9H,1-5H3. The highest BCUT2D eigenvalue weighted by molar-refractivity contribution is 6.35. The first-order valence-corrected chi connectivity index (χ1v) is 5.33. The lowest BCUT2D eigenvalue weighted by molar-refractivity contribution is 0.820. The fourth-order valence-corrected chi connectivity index (χ4v) is 1.41. The molecule has 0 saturated carbocycles. The zero-order valence-electron chi connectivity index (χ0n) is 10.3. The largest absolute Gasteiger partial charge is 0.254 e. The lowest BCUT2D eigenvalue weighted by Crippen LogP contribution is -2.16. The van der Waals surface area contributed by atoms with Gasteiger partial charge >= 0.3 is 0 Å². The van der Waals surface area contributed by atoms with E-state index in [1.165, 1.54) is 5.57 Å². The number of pyridine rings is 1. The fraction of sp³-hybridized carbons (Fsp3) is 0.462. The molecule has 2 heteroatoms. The van der Waals surface area contributed by atoms with E-state index >= 15 is 0 Å². The SMILES string of the molecule is [B]c1c(C)cc(C(C)C)nc1C=C(C)C. The highest BCUT2D eigenvalue weighted by Crippen LogP contribution is 2.14. The molecule has 1 rings (SSSR count). The van der Waals surface area contributed by atoms with Gasteiger partial charge in [-0.3, -0.25) is 4.98 Å². The summed E-state index contributed by atoms with van der Waals surface area (Å²) in [5.41, 5.74) is 5.13. The molecule has 1 nitrogen and oxygen atoms in total. The van der Waals surface area contributed by atoms with Crippen molar-refractivity contribution in [2.75, 3.05) is 0 Å². The molecule has 1 heterocycles. The molecule has 1 aromatic rings. The van der Waals surface area contributed by atoms with Gasteiger partial charge in [0.25, 0.3) is 0 Å². The van der Waals surface area contributed by atoms with E-state index < -0.39 is 0 Å². The molecular formula is C13H18BN. The van der Waals surface area contributed by atoms with Crippen LogP contribution in [-0.4, -0.2) is 12.8 Å². The van der Waals surface area contributed by atoms with E-state index in [1.54, 1.807) is 0 Å². The predicted molar refractivity (Wildman–Crippen MR) is 67.8 cm³/mol. The van der Waals surface area contributed by atoms with Crippen LogP contribution in [0.15, 0.2) is 11.6 Å². The van der Waals surface area contributed by atoms with Gasteiger partial charge in [-0.15, -0.1) is 0 Å². The van der Waals surface area contributed by atoms with Gasteiger partial charge < -0.3 is 0 Å². The van der Waals surface area contributed by atoms with Crippen molar-refractivity contribution in [3.8, 4) is 0 Å². The molecule has 0 amide bonds. The van der Waals surface area contributed by atoms with E-state index in [1.807, 2.05) is 13.0 Å². The summed E-state index contributed by atoms with van der Waals surface area (Å²) in [5.74, 6) is 0.439. The van der Waals surface area contributed by atoms with E-state index in [0.29, 0.717) is 5.92 Å². The van der Waals surface area contributed by atoms with Crippen molar-refractivity contribution in [1.29, 1.82) is 0 Å². The van der Waals surface area contributed by atoms with Crippen LogP contribution in [0.1, 0.15) is 50.6 Å².